The molecular formula is C40H53N7O4Si. The van der Waals surface area contributed by atoms with Crippen LogP contribution in [0.1, 0.15) is 70.6 Å². The van der Waals surface area contributed by atoms with E-state index < -0.39 is 8.32 Å². The van der Waals surface area contributed by atoms with E-state index in [0.717, 1.165) is 72.7 Å². The second kappa shape index (κ2) is 15.4. The number of amides is 2. The van der Waals surface area contributed by atoms with Crippen LogP contribution in [-0.2, 0) is 24.1 Å². The first-order chi connectivity index (χ1) is 24.7. The third kappa shape index (κ3) is 8.53. The molecule has 0 radical (unpaired) electrons. The molecule has 0 bridgehead atoms. The van der Waals surface area contributed by atoms with Gasteiger partial charge in [0.2, 0.25) is 0 Å². The molecule has 2 aromatic heterocycles. The maximum Gasteiger partial charge on any atom is 0.276 e. The van der Waals surface area contributed by atoms with Crippen LogP contribution in [0.15, 0.2) is 60.8 Å². The van der Waals surface area contributed by atoms with Gasteiger partial charge in [0.25, 0.3) is 11.8 Å². The lowest BCUT2D eigenvalue weighted by Crippen LogP contribution is -2.43. The van der Waals surface area contributed by atoms with E-state index in [2.05, 4.69) is 64.4 Å². The molecule has 0 unspecified atom stereocenters. The van der Waals surface area contributed by atoms with Gasteiger partial charge in [-0.15, -0.1) is 0 Å². The second-order valence-corrected chi connectivity index (χ2v) is 20.5. The lowest BCUT2D eigenvalue weighted by atomic mass is 9.94. The molecule has 11 nitrogen and oxygen atoms in total. The average molecular weight is 724 g/mol. The molecule has 0 saturated carbocycles. The van der Waals surface area contributed by atoms with E-state index >= 15 is 0 Å². The predicted octanol–water partition coefficient (Wildman–Crippen LogP) is 6.47. The molecule has 1 saturated heterocycles. The minimum atomic E-state index is -1.80. The molecule has 2 amide bonds. The van der Waals surface area contributed by atoms with Crippen LogP contribution in [-0.4, -0.2) is 88.7 Å². The molecule has 276 valence electrons. The normalized spacial score (nSPS) is 16.9. The fourth-order valence-corrected chi connectivity index (χ4v) is 7.67. The Balaban J connectivity index is 1.09. The van der Waals surface area contributed by atoms with Crippen LogP contribution in [0.5, 0.6) is 0 Å². The summed E-state index contributed by atoms with van der Waals surface area (Å²) in [7, 11) is -1.80. The molecule has 52 heavy (non-hydrogen) atoms. The number of aromatic nitrogens is 3. The Morgan fingerprint density at radius 3 is 2.13 bits per heavy atom. The number of aliphatic hydroxyl groups excluding tert-OH is 1. The Kier molecular flexibility index (Phi) is 11.1. The molecule has 12 heteroatoms. The maximum atomic E-state index is 13.5. The molecule has 1 fully saturated rings. The van der Waals surface area contributed by atoms with Crippen molar-refractivity contribution >= 4 is 31.5 Å². The van der Waals surface area contributed by atoms with Crippen LogP contribution < -0.4 is 10.6 Å². The van der Waals surface area contributed by atoms with Gasteiger partial charge in [0, 0.05) is 63.4 Å². The summed E-state index contributed by atoms with van der Waals surface area (Å²) in [6.45, 7) is 21.4. The quantitative estimate of drug-likeness (QED) is 0.151. The van der Waals surface area contributed by atoms with Gasteiger partial charge in [-0.05, 0) is 90.5 Å². The monoisotopic (exact) mass is 723 g/mol. The number of nitrogens with zero attached hydrogens (tertiary/aromatic N) is 5. The van der Waals surface area contributed by atoms with E-state index in [0.29, 0.717) is 42.5 Å². The number of β-amino-alcohol motifs (C(OH)–C–C–N with tert-alkyl or cyclic N) is 1. The third-order valence-corrected chi connectivity index (χ3v) is 15.5. The van der Waals surface area contributed by atoms with Crippen LogP contribution in [0.3, 0.4) is 0 Å². The number of carbonyl (C=O) groups excluding carboxylic acids is 2. The molecule has 0 aliphatic carbocycles. The first-order valence-corrected chi connectivity index (χ1v) is 21.2. The number of hydrogen-bond acceptors (Lipinski definition) is 8. The van der Waals surface area contributed by atoms with E-state index in [1.807, 2.05) is 67.1 Å². The third-order valence-electron chi connectivity index (χ3n) is 11.0. The Bertz CT molecular complexity index is 1920. The van der Waals surface area contributed by atoms with Crippen LogP contribution in [0, 0.1) is 13.8 Å². The Labute approximate surface area is 308 Å². The number of rotatable bonds is 11. The highest BCUT2D eigenvalue weighted by atomic mass is 28.4. The van der Waals surface area contributed by atoms with E-state index in [9.17, 15) is 14.7 Å². The Hall–Kier alpha value is -4.20. The van der Waals surface area contributed by atoms with Crippen molar-refractivity contribution in [1.82, 2.24) is 24.6 Å². The largest absolute Gasteiger partial charge is 0.416 e. The SMILES string of the molecule is Cc1c(NC(=O)c2ccc(CN3CC[C@@H](O)C3)cn2)cccc1-c1cccc(NC(=O)c2cc3n(n2)CCN(CCO[Si](C)(C)C(C)(C)C)C3)c1C. The number of anilines is 2. The van der Waals surface area contributed by atoms with Crippen molar-refractivity contribution in [2.75, 3.05) is 43.4 Å². The van der Waals surface area contributed by atoms with Crippen molar-refractivity contribution in [1.29, 1.82) is 0 Å². The lowest BCUT2D eigenvalue weighted by Gasteiger charge is -2.37. The number of benzene rings is 2. The smallest absolute Gasteiger partial charge is 0.276 e. The van der Waals surface area contributed by atoms with Gasteiger partial charge in [-0.25, -0.2) is 0 Å². The summed E-state index contributed by atoms with van der Waals surface area (Å²) in [5.74, 6) is -0.532. The van der Waals surface area contributed by atoms with Crippen molar-refractivity contribution in [3.05, 3.63) is 94.6 Å². The topological polar surface area (TPSA) is 125 Å². The summed E-state index contributed by atoms with van der Waals surface area (Å²) in [4.78, 5) is 35.7. The van der Waals surface area contributed by atoms with Gasteiger partial charge in [0.15, 0.2) is 14.0 Å². The van der Waals surface area contributed by atoms with Crippen LogP contribution in [0.4, 0.5) is 11.4 Å². The standard InChI is InChI=1S/C40H53N7O4Si/c1-27-32(10-8-12-34(27)42-38(49)36-15-14-29(23-41-36)24-46-17-16-31(48)26-46)33-11-9-13-35(28(33)2)43-39(50)37-22-30-25-45(18-19-47(30)44-37)20-21-51-52(6,7)40(3,4)5/h8-15,22-23,31,48H,16-21,24-26H2,1-7H3,(H,42,49)(H,43,50)/t31-/m1/s1. The van der Waals surface area contributed by atoms with Crippen molar-refractivity contribution in [3.63, 3.8) is 0 Å². The Morgan fingerprint density at radius 1 is 0.904 bits per heavy atom. The van der Waals surface area contributed by atoms with Gasteiger partial charge < -0.3 is 20.2 Å². The fourth-order valence-electron chi connectivity index (χ4n) is 6.63. The van der Waals surface area contributed by atoms with Crippen molar-refractivity contribution < 1.29 is 19.1 Å². The Morgan fingerprint density at radius 2 is 1.56 bits per heavy atom. The van der Waals surface area contributed by atoms with Gasteiger partial charge in [0.05, 0.1) is 18.3 Å². The first-order valence-electron chi connectivity index (χ1n) is 18.3. The van der Waals surface area contributed by atoms with Crippen molar-refractivity contribution in [2.45, 2.75) is 84.9 Å². The maximum absolute atomic E-state index is 13.5. The van der Waals surface area contributed by atoms with Crippen molar-refractivity contribution in [2.24, 2.45) is 0 Å². The summed E-state index contributed by atoms with van der Waals surface area (Å²) < 4.78 is 8.34. The zero-order valence-electron chi connectivity index (χ0n) is 31.6. The van der Waals surface area contributed by atoms with E-state index in [-0.39, 0.29) is 23.0 Å². The highest BCUT2D eigenvalue weighted by molar-refractivity contribution is 6.74. The molecule has 4 aromatic rings. The van der Waals surface area contributed by atoms with Crippen LogP contribution in [0.2, 0.25) is 18.1 Å². The molecule has 2 aromatic carbocycles. The minimum absolute atomic E-state index is 0.181. The number of likely N-dealkylation sites (tertiary alicyclic amines) is 1. The zero-order chi connectivity index (χ0) is 37.2. The molecule has 4 heterocycles. The number of fused-ring (bicyclic) bond motifs is 1. The van der Waals surface area contributed by atoms with Crippen molar-refractivity contribution in [3.8, 4) is 11.1 Å². The fraction of sp³-hybridized carbons (Fsp3) is 0.450. The summed E-state index contributed by atoms with van der Waals surface area (Å²) >= 11 is 0. The molecule has 6 rings (SSSR count). The molecule has 1 atom stereocenters. The number of nitrogens with one attached hydrogen (secondary N) is 2. The molecular weight excluding hydrogens is 671 g/mol. The summed E-state index contributed by atoms with van der Waals surface area (Å²) in [6, 6.07) is 17.2. The molecule has 2 aliphatic heterocycles. The summed E-state index contributed by atoms with van der Waals surface area (Å²) in [6.07, 6.45) is 2.24. The van der Waals surface area contributed by atoms with E-state index in [1.54, 1.807) is 12.3 Å². The van der Waals surface area contributed by atoms with E-state index in [4.69, 9.17) is 4.43 Å². The van der Waals surface area contributed by atoms with Gasteiger partial charge in [-0.1, -0.05) is 51.1 Å². The summed E-state index contributed by atoms with van der Waals surface area (Å²) in [5.41, 5.74) is 7.91. The number of carbonyl (C=O) groups is 2. The van der Waals surface area contributed by atoms with Crippen LogP contribution >= 0.6 is 0 Å². The molecule has 0 spiro atoms. The molecule has 3 N–H and O–H groups in total. The number of hydrogen-bond donors (Lipinski definition) is 3. The number of aliphatic hydroxyl groups is 1. The zero-order valence-corrected chi connectivity index (χ0v) is 32.6. The van der Waals surface area contributed by atoms with Crippen LogP contribution in [0.25, 0.3) is 11.1 Å². The second-order valence-electron chi connectivity index (χ2n) is 15.7. The highest BCUT2D eigenvalue weighted by Gasteiger charge is 2.37. The lowest BCUT2D eigenvalue weighted by molar-refractivity contribution is 0.101. The number of pyridine rings is 1. The van der Waals surface area contributed by atoms with Gasteiger partial charge in [-0.3, -0.25) is 29.1 Å². The first kappa shape index (κ1) is 37.6. The van der Waals surface area contributed by atoms with Gasteiger partial charge in [0.1, 0.15) is 5.69 Å². The summed E-state index contributed by atoms with van der Waals surface area (Å²) in [5, 5.41) is 20.8. The average Bonchev–Trinajstić information content (AvgIpc) is 3.72. The highest BCUT2D eigenvalue weighted by Crippen LogP contribution is 2.37. The predicted molar refractivity (Wildman–Crippen MR) is 208 cm³/mol. The van der Waals surface area contributed by atoms with E-state index in [1.165, 1.54) is 0 Å². The molecule has 2 aliphatic rings. The van der Waals surface area contributed by atoms with Gasteiger partial charge >= 0.3 is 0 Å². The minimum Gasteiger partial charge on any atom is -0.416 e. The van der Waals surface area contributed by atoms with Gasteiger partial charge in [-0.2, -0.15) is 5.10 Å².